The fourth-order valence-electron chi connectivity index (χ4n) is 3.41. The molecule has 5 rings (SSSR count). The first-order chi connectivity index (χ1) is 14.7. The standard InChI is InChI=1S/C24H20N4O2/c29-23(16-8-9-16)26-18-4-3-5-19(14-18)27-24(30)17-10-12-20(13-11-17)28-15-25-21-6-1-2-7-22(21)28/h1-7,10-16H,8-9H2,(H,26,29)(H,27,30). The molecule has 148 valence electrons. The summed E-state index contributed by atoms with van der Waals surface area (Å²) in [7, 11) is 0. The number of nitrogens with zero attached hydrogens (tertiary/aromatic N) is 2. The van der Waals surface area contributed by atoms with Crippen LogP contribution in [0.1, 0.15) is 23.2 Å². The Balaban J connectivity index is 1.30. The molecule has 6 nitrogen and oxygen atoms in total. The number of fused-ring (bicyclic) bond motifs is 1. The molecule has 0 aliphatic heterocycles. The van der Waals surface area contributed by atoms with Crippen molar-refractivity contribution in [2.45, 2.75) is 12.8 Å². The molecule has 2 amide bonds. The minimum absolute atomic E-state index is 0.0427. The maximum absolute atomic E-state index is 12.7. The topological polar surface area (TPSA) is 76.0 Å². The fraction of sp³-hybridized carbons (Fsp3) is 0.125. The average Bonchev–Trinajstić information content (AvgIpc) is 3.54. The van der Waals surface area contributed by atoms with Gasteiger partial charge in [-0.2, -0.15) is 0 Å². The second-order valence-electron chi connectivity index (χ2n) is 7.45. The van der Waals surface area contributed by atoms with Gasteiger partial charge in [0.25, 0.3) is 5.91 Å². The van der Waals surface area contributed by atoms with Gasteiger partial charge in [0.15, 0.2) is 0 Å². The molecule has 1 aromatic heterocycles. The maximum atomic E-state index is 12.7. The van der Waals surface area contributed by atoms with E-state index in [2.05, 4.69) is 15.6 Å². The normalized spacial score (nSPS) is 13.2. The highest BCUT2D eigenvalue weighted by atomic mass is 16.2. The Morgan fingerprint density at radius 1 is 0.867 bits per heavy atom. The quantitative estimate of drug-likeness (QED) is 0.517. The van der Waals surface area contributed by atoms with Gasteiger partial charge in [-0.3, -0.25) is 14.2 Å². The maximum Gasteiger partial charge on any atom is 0.255 e. The van der Waals surface area contributed by atoms with Crippen molar-refractivity contribution in [3.8, 4) is 5.69 Å². The van der Waals surface area contributed by atoms with E-state index in [0.29, 0.717) is 16.9 Å². The van der Waals surface area contributed by atoms with Crippen LogP contribution in [0.15, 0.2) is 79.1 Å². The molecular formula is C24H20N4O2. The van der Waals surface area contributed by atoms with Crippen LogP contribution < -0.4 is 10.6 Å². The fourth-order valence-corrected chi connectivity index (χ4v) is 3.41. The van der Waals surface area contributed by atoms with Crippen LogP contribution in [-0.2, 0) is 4.79 Å². The molecule has 0 bridgehead atoms. The van der Waals surface area contributed by atoms with Gasteiger partial charge in [-0.15, -0.1) is 0 Å². The third-order valence-corrected chi connectivity index (χ3v) is 5.20. The number of imidazole rings is 1. The van der Waals surface area contributed by atoms with Gasteiger partial charge >= 0.3 is 0 Å². The Hall–Kier alpha value is -3.93. The Morgan fingerprint density at radius 3 is 2.37 bits per heavy atom. The van der Waals surface area contributed by atoms with E-state index in [-0.39, 0.29) is 17.7 Å². The number of amides is 2. The summed E-state index contributed by atoms with van der Waals surface area (Å²) in [5.41, 5.74) is 4.75. The number of para-hydroxylation sites is 2. The van der Waals surface area contributed by atoms with Crippen molar-refractivity contribution >= 4 is 34.2 Å². The lowest BCUT2D eigenvalue weighted by atomic mass is 10.1. The van der Waals surface area contributed by atoms with E-state index in [9.17, 15) is 9.59 Å². The molecule has 1 aliphatic carbocycles. The van der Waals surface area contributed by atoms with E-state index in [1.165, 1.54) is 0 Å². The molecule has 0 atom stereocenters. The van der Waals surface area contributed by atoms with Crippen LogP contribution in [-0.4, -0.2) is 21.4 Å². The zero-order valence-electron chi connectivity index (χ0n) is 16.2. The molecular weight excluding hydrogens is 376 g/mol. The summed E-state index contributed by atoms with van der Waals surface area (Å²) in [5.74, 6) is -0.0295. The van der Waals surface area contributed by atoms with Gasteiger partial charge in [-0.25, -0.2) is 4.98 Å². The van der Waals surface area contributed by atoms with Crippen LogP contribution >= 0.6 is 0 Å². The minimum Gasteiger partial charge on any atom is -0.326 e. The first kappa shape index (κ1) is 18.1. The molecule has 0 saturated heterocycles. The van der Waals surface area contributed by atoms with Crippen LogP contribution in [0.5, 0.6) is 0 Å². The Morgan fingerprint density at radius 2 is 1.60 bits per heavy atom. The number of carbonyl (C=O) groups is 2. The van der Waals surface area contributed by atoms with Gasteiger partial charge in [0.1, 0.15) is 6.33 Å². The number of anilines is 2. The van der Waals surface area contributed by atoms with Crippen molar-refractivity contribution in [2.24, 2.45) is 5.92 Å². The average molecular weight is 396 g/mol. The predicted octanol–water partition coefficient (Wildman–Crippen LogP) is 4.63. The number of carbonyl (C=O) groups excluding carboxylic acids is 2. The van der Waals surface area contributed by atoms with Gasteiger partial charge in [0.2, 0.25) is 5.91 Å². The molecule has 0 unspecified atom stereocenters. The van der Waals surface area contributed by atoms with Gasteiger partial charge < -0.3 is 10.6 Å². The number of nitrogens with one attached hydrogen (secondary N) is 2. The molecule has 1 fully saturated rings. The number of benzene rings is 3. The van der Waals surface area contributed by atoms with E-state index in [0.717, 1.165) is 29.6 Å². The summed E-state index contributed by atoms with van der Waals surface area (Å²) in [4.78, 5) is 29.0. The third kappa shape index (κ3) is 3.67. The first-order valence-corrected chi connectivity index (χ1v) is 9.92. The van der Waals surface area contributed by atoms with Crippen molar-refractivity contribution in [3.63, 3.8) is 0 Å². The van der Waals surface area contributed by atoms with E-state index in [1.54, 1.807) is 30.6 Å². The van der Waals surface area contributed by atoms with Crippen molar-refractivity contribution in [2.75, 3.05) is 10.6 Å². The molecule has 2 N–H and O–H groups in total. The summed E-state index contributed by atoms with van der Waals surface area (Å²) < 4.78 is 1.99. The molecule has 3 aromatic carbocycles. The largest absolute Gasteiger partial charge is 0.326 e. The van der Waals surface area contributed by atoms with Crippen LogP contribution in [0.4, 0.5) is 11.4 Å². The number of aromatic nitrogens is 2. The predicted molar refractivity (Wildman–Crippen MR) is 117 cm³/mol. The van der Waals surface area contributed by atoms with Crippen molar-refractivity contribution < 1.29 is 9.59 Å². The molecule has 0 spiro atoms. The Bertz CT molecular complexity index is 1240. The molecule has 6 heteroatoms. The zero-order valence-corrected chi connectivity index (χ0v) is 16.2. The highest BCUT2D eigenvalue weighted by Crippen LogP contribution is 2.30. The van der Waals surface area contributed by atoms with Crippen LogP contribution in [0.3, 0.4) is 0 Å². The zero-order chi connectivity index (χ0) is 20.5. The molecule has 30 heavy (non-hydrogen) atoms. The second kappa shape index (κ2) is 7.48. The molecule has 0 radical (unpaired) electrons. The first-order valence-electron chi connectivity index (χ1n) is 9.92. The highest BCUT2D eigenvalue weighted by Gasteiger charge is 2.29. The number of hydrogen-bond acceptors (Lipinski definition) is 3. The third-order valence-electron chi connectivity index (χ3n) is 5.20. The van der Waals surface area contributed by atoms with E-state index >= 15 is 0 Å². The number of rotatable bonds is 5. The molecule has 1 heterocycles. The van der Waals surface area contributed by atoms with E-state index in [1.807, 2.05) is 53.1 Å². The van der Waals surface area contributed by atoms with Crippen molar-refractivity contribution in [1.29, 1.82) is 0 Å². The van der Waals surface area contributed by atoms with E-state index < -0.39 is 0 Å². The SMILES string of the molecule is O=C(Nc1cccc(NC(=O)C2CC2)c1)c1ccc(-n2cnc3ccccc32)cc1. The lowest BCUT2D eigenvalue weighted by Gasteiger charge is -2.10. The summed E-state index contributed by atoms with van der Waals surface area (Å²) in [6.45, 7) is 0. The smallest absolute Gasteiger partial charge is 0.255 e. The van der Waals surface area contributed by atoms with Gasteiger partial charge in [-0.05, 0) is 67.4 Å². The van der Waals surface area contributed by atoms with Crippen molar-refractivity contribution in [3.05, 3.63) is 84.7 Å². The second-order valence-corrected chi connectivity index (χ2v) is 7.45. The van der Waals surface area contributed by atoms with Gasteiger partial charge in [0.05, 0.1) is 11.0 Å². The van der Waals surface area contributed by atoms with Gasteiger partial charge in [0, 0.05) is 28.5 Å². The lowest BCUT2D eigenvalue weighted by molar-refractivity contribution is -0.117. The summed E-state index contributed by atoms with van der Waals surface area (Å²) >= 11 is 0. The van der Waals surface area contributed by atoms with Crippen LogP contribution in [0.2, 0.25) is 0 Å². The summed E-state index contributed by atoms with van der Waals surface area (Å²) in [6, 6.07) is 22.5. The lowest BCUT2D eigenvalue weighted by Crippen LogP contribution is -2.14. The number of hydrogen-bond donors (Lipinski definition) is 2. The Labute approximate surface area is 173 Å². The van der Waals surface area contributed by atoms with Crippen LogP contribution in [0, 0.1) is 5.92 Å². The molecule has 1 saturated carbocycles. The van der Waals surface area contributed by atoms with Crippen molar-refractivity contribution in [1.82, 2.24) is 9.55 Å². The minimum atomic E-state index is -0.206. The monoisotopic (exact) mass is 396 g/mol. The van der Waals surface area contributed by atoms with Crippen LogP contribution in [0.25, 0.3) is 16.7 Å². The highest BCUT2D eigenvalue weighted by molar-refractivity contribution is 6.05. The molecule has 4 aromatic rings. The van der Waals surface area contributed by atoms with Gasteiger partial charge in [-0.1, -0.05) is 18.2 Å². The molecule has 1 aliphatic rings. The van der Waals surface area contributed by atoms with E-state index in [4.69, 9.17) is 0 Å². The Kier molecular flexibility index (Phi) is 4.52. The summed E-state index contributed by atoms with van der Waals surface area (Å²) in [5, 5.41) is 5.79. The summed E-state index contributed by atoms with van der Waals surface area (Å²) in [6.07, 6.45) is 3.68.